The van der Waals surface area contributed by atoms with Gasteiger partial charge in [-0.05, 0) is 30.7 Å². The summed E-state index contributed by atoms with van der Waals surface area (Å²) in [5.41, 5.74) is -0.187. The van der Waals surface area contributed by atoms with E-state index in [4.69, 9.17) is 9.47 Å². The van der Waals surface area contributed by atoms with E-state index >= 15 is 0 Å². The van der Waals surface area contributed by atoms with Gasteiger partial charge in [0, 0.05) is 50.6 Å². The molecule has 1 aromatic heterocycles. The van der Waals surface area contributed by atoms with Crippen molar-refractivity contribution in [3.63, 3.8) is 0 Å². The highest BCUT2D eigenvalue weighted by atomic mass is 32.1. The third kappa shape index (κ3) is 3.77. The molecule has 2 saturated heterocycles. The zero-order valence-corrected chi connectivity index (χ0v) is 15.8. The minimum absolute atomic E-state index is 0.187. The van der Waals surface area contributed by atoms with Gasteiger partial charge < -0.3 is 14.4 Å². The Bertz CT molecular complexity index is 582. The molecule has 3 aliphatic rings. The summed E-state index contributed by atoms with van der Waals surface area (Å²) in [6.07, 6.45) is 3.93. The van der Waals surface area contributed by atoms with Gasteiger partial charge in [0.1, 0.15) is 0 Å². The summed E-state index contributed by atoms with van der Waals surface area (Å²) >= 11 is 1.81. The summed E-state index contributed by atoms with van der Waals surface area (Å²) in [7, 11) is 1.74. The molecule has 1 aromatic rings. The van der Waals surface area contributed by atoms with Crippen LogP contribution in [0, 0.1) is 5.92 Å². The molecule has 3 fully saturated rings. The van der Waals surface area contributed by atoms with Crippen LogP contribution in [0.25, 0.3) is 0 Å². The Balaban J connectivity index is 1.34. The quantitative estimate of drug-likeness (QED) is 0.804. The van der Waals surface area contributed by atoms with E-state index in [1.165, 1.54) is 11.3 Å². The van der Waals surface area contributed by atoms with E-state index in [-0.39, 0.29) is 17.6 Å². The molecule has 3 heterocycles. The van der Waals surface area contributed by atoms with E-state index in [1.807, 2.05) is 16.2 Å². The molecule has 1 saturated carbocycles. The lowest BCUT2D eigenvalue weighted by atomic mass is 9.77. The predicted molar refractivity (Wildman–Crippen MR) is 97.6 cm³/mol. The molecule has 0 aromatic carbocycles. The number of amides is 1. The second-order valence-electron chi connectivity index (χ2n) is 7.70. The minimum Gasteiger partial charge on any atom is -0.378 e. The number of ether oxygens (including phenoxy) is 2. The van der Waals surface area contributed by atoms with Gasteiger partial charge in [-0.1, -0.05) is 6.07 Å². The van der Waals surface area contributed by atoms with Gasteiger partial charge in [-0.15, -0.1) is 11.3 Å². The Kier molecular flexibility index (Phi) is 5.13. The van der Waals surface area contributed by atoms with Crippen LogP contribution in [0.5, 0.6) is 0 Å². The van der Waals surface area contributed by atoms with Crippen molar-refractivity contribution in [2.24, 2.45) is 5.92 Å². The van der Waals surface area contributed by atoms with Gasteiger partial charge in [-0.3, -0.25) is 9.69 Å². The first-order valence-electron chi connectivity index (χ1n) is 9.37. The van der Waals surface area contributed by atoms with Crippen molar-refractivity contribution in [2.75, 3.05) is 39.9 Å². The standard InChI is InChI=1S/C19H28N2O3S/c1-23-19(5-3-6-19)10-18(22)21-12-15-11-20(7-8-24-17(15)14-21)13-16-4-2-9-25-16/h2,4,9,15,17H,3,5-8,10-14H2,1H3/t15-,17+/m0/s1. The maximum Gasteiger partial charge on any atom is 0.225 e. The van der Waals surface area contributed by atoms with Crippen LogP contribution in [0.15, 0.2) is 17.5 Å². The molecular weight excluding hydrogens is 336 g/mol. The van der Waals surface area contributed by atoms with Crippen LogP contribution >= 0.6 is 11.3 Å². The lowest BCUT2D eigenvalue weighted by molar-refractivity contribution is -0.143. The molecule has 0 unspecified atom stereocenters. The predicted octanol–water partition coefficient (Wildman–Crippen LogP) is 2.37. The summed E-state index contributed by atoms with van der Waals surface area (Å²) in [4.78, 5) is 18.7. The van der Waals surface area contributed by atoms with E-state index < -0.39 is 0 Å². The number of carbonyl (C=O) groups excluding carboxylic acids is 1. The second-order valence-corrected chi connectivity index (χ2v) is 8.73. The first-order chi connectivity index (χ1) is 12.2. The summed E-state index contributed by atoms with van der Waals surface area (Å²) in [5.74, 6) is 0.661. The van der Waals surface area contributed by atoms with Gasteiger partial charge >= 0.3 is 0 Å². The van der Waals surface area contributed by atoms with Crippen LogP contribution in [0.2, 0.25) is 0 Å². The fourth-order valence-corrected chi connectivity index (χ4v) is 5.09. The molecule has 1 aliphatic carbocycles. The van der Waals surface area contributed by atoms with Gasteiger partial charge in [-0.25, -0.2) is 0 Å². The Hall–Kier alpha value is -0.950. The van der Waals surface area contributed by atoms with E-state index in [0.29, 0.717) is 12.3 Å². The molecule has 4 rings (SSSR count). The molecule has 0 radical (unpaired) electrons. The average Bonchev–Trinajstić information content (AvgIpc) is 3.17. The molecule has 2 aliphatic heterocycles. The smallest absolute Gasteiger partial charge is 0.225 e. The number of carbonyl (C=O) groups is 1. The zero-order chi connectivity index (χ0) is 17.3. The second kappa shape index (κ2) is 7.35. The first kappa shape index (κ1) is 17.5. The molecule has 6 heteroatoms. The van der Waals surface area contributed by atoms with E-state index in [9.17, 15) is 4.79 Å². The van der Waals surface area contributed by atoms with Crippen molar-refractivity contribution in [1.29, 1.82) is 0 Å². The molecule has 0 N–H and O–H groups in total. The van der Waals surface area contributed by atoms with E-state index in [1.54, 1.807) is 7.11 Å². The van der Waals surface area contributed by atoms with Crippen LogP contribution in [-0.2, 0) is 20.8 Å². The highest BCUT2D eigenvalue weighted by molar-refractivity contribution is 7.09. The number of fused-ring (bicyclic) bond motifs is 1. The number of likely N-dealkylation sites (tertiary alicyclic amines) is 1. The van der Waals surface area contributed by atoms with Crippen LogP contribution in [0.4, 0.5) is 0 Å². The molecule has 0 spiro atoms. The lowest BCUT2D eigenvalue weighted by Gasteiger charge is -2.40. The average molecular weight is 365 g/mol. The molecule has 2 atom stereocenters. The fraction of sp³-hybridized carbons (Fsp3) is 0.737. The third-order valence-corrected chi connectivity index (χ3v) is 6.96. The SMILES string of the molecule is COC1(CC(=O)N2C[C@@H]3CN(Cc4cccs4)CCO[C@@H]3C2)CCC1. The van der Waals surface area contributed by atoms with Crippen LogP contribution in [-0.4, -0.2) is 67.3 Å². The summed E-state index contributed by atoms with van der Waals surface area (Å²) < 4.78 is 11.7. The Morgan fingerprint density at radius 2 is 2.28 bits per heavy atom. The highest BCUT2D eigenvalue weighted by Crippen LogP contribution is 2.39. The normalized spacial score (nSPS) is 29.1. The van der Waals surface area contributed by atoms with Crippen LogP contribution in [0.1, 0.15) is 30.6 Å². The maximum atomic E-state index is 12.8. The highest BCUT2D eigenvalue weighted by Gasteiger charge is 2.43. The van der Waals surface area contributed by atoms with E-state index in [0.717, 1.165) is 52.2 Å². The molecule has 138 valence electrons. The minimum atomic E-state index is -0.187. The topological polar surface area (TPSA) is 42.0 Å². The van der Waals surface area contributed by atoms with Crippen LogP contribution < -0.4 is 0 Å². The molecule has 5 nitrogen and oxygen atoms in total. The van der Waals surface area contributed by atoms with Gasteiger partial charge in [0.2, 0.25) is 5.91 Å². The van der Waals surface area contributed by atoms with Crippen LogP contribution in [0.3, 0.4) is 0 Å². The molecule has 25 heavy (non-hydrogen) atoms. The number of methoxy groups -OCH3 is 1. The molecular formula is C19H28N2O3S. The molecule has 1 amide bonds. The fourth-order valence-electron chi connectivity index (χ4n) is 4.34. The number of hydrogen-bond acceptors (Lipinski definition) is 5. The number of hydrogen-bond donors (Lipinski definition) is 0. The van der Waals surface area contributed by atoms with Crippen molar-refractivity contribution in [2.45, 2.75) is 43.9 Å². The van der Waals surface area contributed by atoms with Crippen molar-refractivity contribution in [1.82, 2.24) is 9.80 Å². The van der Waals surface area contributed by atoms with Crippen molar-refractivity contribution < 1.29 is 14.3 Å². The number of rotatable bonds is 5. The Morgan fingerprint density at radius 3 is 2.96 bits per heavy atom. The summed E-state index contributed by atoms with van der Waals surface area (Å²) in [6.45, 7) is 5.31. The number of thiophene rings is 1. The summed E-state index contributed by atoms with van der Waals surface area (Å²) in [5, 5.41) is 2.13. The Morgan fingerprint density at radius 1 is 1.40 bits per heavy atom. The monoisotopic (exact) mass is 364 g/mol. The number of nitrogens with zero attached hydrogens (tertiary/aromatic N) is 2. The lowest BCUT2D eigenvalue weighted by Crippen LogP contribution is -2.45. The third-order valence-electron chi connectivity index (χ3n) is 6.10. The van der Waals surface area contributed by atoms with Crippen molar-refractivity contribution in [3.05, 3.63) is 22.4 Å². The molecule has 0 bridgehead atoms. The van der Waals surface area contributed by atoms with E-state index in [2.05, 4.69) is 22.4 Å². The van der Waals surface area contributed by atoms with Gasteiger partial charge in [-0.2, -0.15) is 0 Å². The zero-order valence-electron chi connectivity index (χ0n) is 15.0. The first-order valence-corrected chi connectivity index (χ1v) is 10.2. The largest absolute Gasteiger partial charge is 0.378 e. The Labute approximate surface area is 153 Å². The summed E-state index contributed by atoms with van der Waals surface area (Å²) in [6, 6.07) is 4.31. The van der Waals surface area contributed by atoms with Crippen molar-refractivity contribution >= 4 is 17.2 Å². The van der Waals surface area contributed by atoms with Gasteiger partial charge in [0.25, 0.3) is 0 Å². The van der Waals surface area contributed by atoms with Crippen molar-refractivity contribution in [3.8, 4) is 0 Å². The maximum absolute atomic E-state index is 12.8. The van der Waals surface area contributed by atoms with Gasteiger partial charge in [0.15, 0.2) is 0 Å². The van der Waals surface area contributed by atoms with Gasteiger partial charge in [0.05, 0.1) is 24.7 Å².